The van der Waals surface area contributed by atoms with E-state index in [1.165, 1.54) is 93.7 Å². The van der Waals surface area contributed by atoms with Crippen molar-refractivity contribution in [3.63, 3.8) is 0 Å². The minimum atomic E-state index is -1.14. The Kier molecular flexibility index (Phi) is 7.88. The molecule has 0 aliphatic heterocycles. The summed E-state index contributed by atoms with van der Waals surface area (Å²) < 4.78 is 16.3. The van der Waals surface area contributed by atoms with Gasteiger partial charge in [0.15, 0.2) is 0 Å². The number of benzene rings is 2. The second-order valence-electron chi connectivity index (χ2n) is 19.4. The molecule has 46 heavy (non-hydrogen) atoms. The lowest BCUT2D eigenvalue weighted by molar-refractivity contribution is 0.0195. The third kappa shape index (κ3) is 5.44. The highest BCUT2D eigenvalue weighted by Crippen LogP contribution is 2.78. The fourth-order valence-electron chi connectivity index (χ4n) is 12.9. The van der Waals surface area contributed by atoms with Crippen LogP contribution in [-0.2, 0) is 16.4 Å². The second kappa shape index (κ2) is 11.3. The van der Waals surface area contributed by atoms with Crippen molar-refractivity contribution in [2.75, 3.05) is 7.05 Å². The Labute approximate surface area is 284 Å². The highest BCUT2D eigenvalue weighted by Gasteiger charge is 2.63. The molecule has 0 radical (unpaired) electrons. The van der Waals surface area contributed by atoms with Gasteiger partial charge in [-0.25, -0.2) is 8.51 Å². The summed E-state index contributed by atoms with van der Waals surface area (Å²) in [4.78, 5) is 0. The van der Waals surface area contributed by atoms with Crippen LogP contribution in [0, 0.1) is 35.5 Å². The summed E-state index contributed by atoms with van der Waals surface area (Å²) in [6, 6.07) is 19.2. The molecule has 0 aromatic heterocycles. The van der Waals surface area contributed by atoms with Crippen LogP contribution in [0.1, 0.15) is 141 Å². The van der Waals surface area contributed by atoms with Crippen molar-refractivity contribution in [2.24, 2.45) is 35.5 Å². The topological polar surface area (TPSA) is 20.3 Å². The van der Waals surface area contributed by atoms with E-state index >= 15 is 0 Å². The van der Waals surface area contributed by atoms with Crippen LogP contribution in [0.4, 0.5) is 0 Å². The van der Waals surface area contributed by atoms with E-state index in [-0.39, 0.29) is 24.1 Å². The van der Waals surface area contributed by atoms with Gasteiger partial charge < -0.3 is 0 Å². The largest absolute Gasteiger partial charge is 0.242 e. The van der Waals surface area contributed by atoms with Crippen molar-refractivity contribution >= 4 is 24.2 Å². The molecule has 0 spiro atoms. The number of hydrogen-bond acceptors (Lipinski definition) is 1. The van der Waals surface area contributed by atoms with Crippen molar-refractivity contribution < 1.29 is 4.21 Å². The van der Waals surface area contributed by atoms with Crippen molar-refractivity contribution in [3.8, 4) is 0 Å². The predicted molar refractivity (Wildman–Crippen MR) is 197 cm³/mol. The summed E-state index contributed by atoms with van der Waals surface area (Å²) in [5, 5.41) is 2.73. The molecule has 250 valence electrons. The minimum absolute atomic E-state index is 0.0156. The molecule has 2 unspecified atom stereocenters. The third-order valence-corrected chi connectivity index (χ3v) is 19.3. The Morgan fingerprint density at radius 1 is 0.674 bits per heavy atom. The molecule has 2 nitrogen and oxygen atoms in total. The predicted octanol–water partition coefficient (Wildman–Crippen LogP) is 10.5. The van der Waals surface area contributed by atoms with Gasteiger partial charge in [0.1, 0.15) is 11.0 Å². The minimum Gasteiger partial charge on any atom is -0.242 e. The van der Waals surface area contributed by atoms with Gasteiger partial charge in [-0.05, 0) is 171 Å². The van der Waals surface area contributed by atoms with Gasteiger partial charge in [0, 0.05) is 7.05 Å². The molecule has 8 bridgehead atoms. The van der Waals surface area contributed by atoms with Crippen molar-refractivity contribution in [2.45, 2.75) is 145 Å². The average molecular weight is 658 g/mol. The molecule has 0 saturated heterocycles. The lowest BCUT2D eigenvalue weighted by Gasteiger charge is -2.67. The summed E-state index contributed by atoms with van der Waals surface area (Å²) in [5.74, 6) is 5.80. The van der Waals surface area contributed by atoms with Gasteiger partial charge in [0.05, 0.1) is 10.8 Å². The first-order valence-electron chi connectivity index (χ1n) is 18.9. The van der Waals surface area contributed by atoms with E-state index in [2.05, 4.69) is 101 Å². The third-order valence-electron chi connectivity index (χ3n) is 13.7. The molecule has 8 aliphatic carbocycles. The first-order valence-corrected chi connectivity index (χ1v) is 21.3. The van der Waals surface area contributed by atoms with Crippen LogP contribution in [0.15, 0.2) is 48.5 Å². The van der Waals surface area contributed by atoms with E-state index in [1.807, 2.05) is 0 Å². The maximum atomic E-state index is 14.3. The second-order valence-corrected chi connectivity index (χ2v) is 24.7. The summed E-state index contributed by atoms with van der Waals surface area (Å²) in [5.41, 5.74) is 4.25. The highest BCUT2D eigenvalue weighted by molar-refractivity contribution is 7.84. The van der Waals surface area contributed by atoms with Crippen molar-refractivity contribution in [1.82, 2.24) is 4.31 Å². The van der Waals surface area contributed by atoms with Crippen LogP contribution in [0.5, 0.6) is 0 Å². The Morgan fingerprint density at radius 3 is 1.48 bits per heavy atom. The molecule has 0 heterocycles. The highest BCUT2D eigenvalue weighted by atomic mass is 32.2. The summed E-state index contributed by atoms with van der Waals surface area (Å²) in [7, 11) is 0.644. The number of rotatable bonds is 7. The quantitative estimate of drug-likeness (QED) is 0.271. The Balaban J connectivity index is 1.31. The Hall–Kier alpha value is -1.02. The first kappa shape index (κ1) is 32.2. The molecule has 0 amide bonds. The van der Waals surface area contributed by atoms with Gasteiger partial charge in [-0.1, -0.05) is 77.2 Å². The summed E-state index contributed by atoms with van der Waals surface area (Å²) in [6.07, 6.45) is 18.1. The molecule has 2 aromatic rings. The molecule has 2 atom stereocenters. The molecular formula is C42H60NOPS. The molecule has 0 N–H and O–H groups in total. The Bertz CT molecular complexity index is 1370. The van der Waals surface area contributed by atoms with Crippen LogP contribution in [0.25, 0.3) is 0 Å². The van der Waals surface area contributed by atoms with Gasteiger partial charge in [-0.2, -0.15) is 0 Å². The van der Waals surface area contributed by atoms with E-state index in [9.17, 15) is 4.21 Å². The van der Waals surface area contributed by atoms with E-state index in [4.69, 9.17) is 0 Å². The van der Waals surface area contributed by atoms with Crippen LogP contribution in [0.3, 0.4) is 0 Å². The fourth-order valence-corrected chi connectivity index (χ4v) is 19.5. The number of nitrogens with zero attached hydrogens (tertiary/aromatic N) is 1. The molecule has 2 aromatic carbocycles. The van der Waals surface area contributed by atoms with Crippen LogP contribution >= 0.6 is 7.92 Å². The van der Waals surface area contributed by atoms with Crippen LogP contribution in [0.2, 0.25) is 0 Å². The van der Waals surface area contributed by atoms with E-state index in [1.54, 1.807) is 5.30 Å². The molecular weight excluding hydrogens is 598 g/mol. The zero-order valence-electron chi connectivity index (χ0n) is 29.9. The van der Waals surface area contributed by atoms with Gasteiger partial charge >= 0.3 is 0 Å². The van der Waals surface area contributed by atoms with Gasteiger partial charge in [0.25, 0.3) is 0 Å². The maximum Gasteiger partial charge on any atom is 0.100 e. The molecule has 8 saturated carbocycles. The van der Waals surface area contributed by atoms with Crippen molar-refractivity contribution in [1.29, 1.82) is 0 Å². The summed E-state index contributed by atoms with van der Waals surface area (Å²) in [6.45, 7) is 13.3. The monoisotopic (exact) mass is 657 g/mol. The van der Waals surface area contributed by atoms with E-state index < -0.39 is 11.0 Å². The molecule has 4 heteroatoms. The average Bonchev–Trinajstić information content (AvgIpc) is 2.95. The molecule has 10 rings (SSSR count). The van der Waals surface area contributed by atoms with Crippen molar-refractivity contribution in [3.05, 3.63) is 65.2 Å². The van der Waals surface area contributed by atoms with Gasteiger partial charge in [-0.3, -0.25) is 0 Å². The van der Waals surface area contributed by atoms with E-state index in [0.717, 1.165) is 35.5 Å². The van der Waals surface area contributed by atoms with Crippen LogP contribution in [-0.4, -0.2) is 30.6 Å². The van der Waals surface area contributed by atoms with Gasteiger partial charge in [-0.15, -0.1) is 0 Å². The maximum absolute atomic E-state index is 14.3. The van der Waals surface area contributed by atoms with Crippen LogP contribution < -0.4 is 5.30 Å². The lowest BCUT2D eigenvalue weighted by Crippen LogP contribution is -2.58. The van der Waals surface area contributed by atoms with Gasteiger partial charge in [0.2, 0.25) is 0 Å². The molecule has 8 aliphatic rings. The lowest BCUT2D eigenvalue weighted by atomic mass is 9.55. The fraction of sp³-hybridized carbons (Fsp3) is 0.714. The smallest absolute Gasteiger partial charge is 0.100 e. The SMILES string of the molecule is CN(C(c1ccc(C(C)(C)C)cc1)c1ccccc1P(C12CC3CC(CC(C3)C1)C2)C12CC3CC(CC(C3)C1)C2)S(=O)C(C)(C)C. The zero-order chi connectivity index (χ0) is 32.2. The normalized spacial score (nSPS) is 38.3. The molecule has 8 fully saturated rings. The summed E-state index contributed by atoms with van der Waals surface area (Å²) >= 11 is 0. The zero-order valence-corrected chi connectivity index (χ0v) is 31.6. The van der Waals surface area contributed by atoms with E-state index in [0.29, 0.717) is 10.3 Å². The first-order chi connectivity index (χ1) is 21.7. The standard InChI is InChI=1S/C42H60NOPS/c1-39(2,3)35-14-12-34(13-15-35)38(43(7)46(44)40(4,5)6)36-10-8-9-11-37(36)45(41-22-28-16-29(23-41)18-30(17-28)24-41)42-25-31-19-32(26-42)21-33(20-31)27-42/h8-15,28-33,38H,16-27H2,1-7H3. The Morgan fingerprint density at radius 2 is 1.09 bits per heavy atom. The number of hydrogen-bond donors (Lipinski definition) is 0.